The third kappa shape index (κ3) is 2.34. The van der Waals surface area contributed by atoms with E-state index in [0.29, 0.717) is 0 Å². The first-order valence-corrected chi connectivity index (χ1v) is 2.74. The van der Waals surface area contributed by atoms with Gasteiger partial charge < -0.3 is 0 Å². The van der Waals surface area contributed by atoms with Crippen LogP contribution >= 0.6 is 0 Å². The number of aryl methyl sites for hydroxylation is 2. The van der Waals surface area contributed by atoms with E-state index in [9.17, 15) is 0 Å². The standard InChI is InChI=1S/C8H9.Ti/c1-7-5-3-4-6-8(7)2;/h3,5-6H,1-2H3;/q-1;. The van der Waals surface area contributed by atoms with Crippen LogP contribution in [0.3, 0.4) is 0 Å². The Morgan fingerprint density at radius 3 is 2.22 bits per heavy atom. The molecule has 9 heavy (non-hydrogen) atoms. The van der Waals surface area contributed by atoms with Gasteiger partial charge in [0.2, 0.25) is 0 Å². The molecular formula is C8H9Ti-. The molecule has 1 aromatic rings. The van der Waals surface area contributed by atoms with Crippen LogP contribution in [0.5, 0.6) is 0 Å². The molecule has 0 saturated carbocycles. The second-order valence-electron chi connectivity index (χ2n) is 2.01. The molecule has 0 saturated heterocycles. The van der Waals surface area contributed by atoms with Gasteiger partial charge in [0, 0.05) is 21.7 Å². The fraction of sp³-hybridized carbons (Fsp3) is 0.250. The van der Waals surface area contributed by atoms with E-state index in [0.717, 1.165) is 0 Å². The average Bonchev–Trinajstić information content (AvgIpc) is 1.77. The normalized spacial score (nSPS) is 8.22. The van der Waals surface area contributed by atoms with Crippen molar-refractivity contribution in [1.82, 2.24) is 0 Å². The summed E-state index contributed by atoms with van der Waals surface area (Å²) in [4.78, 5) is 0. The maximum absolute atomic E-state index is 3.00. The van der Waals surface area contributed by atoms with E-state index in [-0.39, 0.29) is 21.7 Å². The second-order valence-corrected chi connectivity index (χ2v) is 2.01. The van der Waals surface area contributed by atoms with Crippen LogP contribution in [0, 0.1) is 19.9 Å². The van der Waals surface area contributed by atoms with Gasteiger partial charge in [0.05, 0.1) is 0 Å². The van der Waals surface area contributed by atoms with Gasteiger partial charge >= 0.3 is 0 Å². The molecule has 0 heterocycles. The first-order chi connectivity index (χ1) is 3.80. The number of hydrogen-bond donors (Lipinski definition) is 0. The summed E-state index contributed by atoms with van der Waals surface area (Å²) in [5.74, 6) is 0. The van der Waals surface area contributed by atoms with Crippen molar-refractivity contribution < 1.29 is 21.7 Å². The Morgan fingerprint density at radius 2 is 1.89 bits per heavy atom. The molecule has 0 N–H and O–H groups in total. The molecule has 46 valence electrons. The minimum Gasteiger partial charge on any atom is -0.184 e. The van der Waals surface area contributed by atoms with Crippen molar-refractivity contribution in [3.63, 3.8) is 0 Å². The predicted octanol–water partition coefficient (Wildman–Crippen LogP) is 2.10. The van der Waals surface area contributed by atoms with Crippen LogP contribution in [0.1, 0.15) is 11.1 Å². The summed E-state index contributed by atoms with van der Waals surface area (Å²) in [7, 11) is 0. The Kier molecular flexibility index (Phi) is 3.84. The van der Waals surface area contributed by atoms with Crippen LogP contribution < -0.4 is 0 Å². The molecule has 0 amide bonds. The minimum atomic E-state index is 0. The van der Waals surface area contributed by atoms with E-state index < -0.39 is 0 Å². The molecule has 0 radical (unpaired) electrons. The van der Waals surface area contributed by atoms with Gasteiger partial charge in [0.15, 0.2) is 0 Å². The van der Waals surface area contributed by atoms with Crippen molar-refractivity contribution in [3.05, 3.63) is 35.4 Å². The molecule has 0 aliphatic heterocycles. The van der Waals surface area contributed by atoms with Crippen LogP contribution in [-0.4, -0.2) is 0 Å². The molecule has 0 aromatic heterocycles. The van der Waals surface area contributed by atoms with Crippen molar-refractivity contribution >= 4 is 0 Å². The van der Waals surface area contributed by atoms with Gasteiger partial charge in [-0.15, -0.1) is 0 Å². The quantitative estimate of drug-likeness (QED) is 0.395. The molecule has 0 aliphatic rings. The topological polar surface area (TPSA) is 0 Å². The summed E-state index contributed by atoms with van der Waals surface area (Å²) in [6.45, 7) is 4.19. The number of benzene rings is 1. The van der Waals surface area contributed by atoms with Gasteiger partial charge in [0.1, 0.15) is 0 Å². The minimum absolute atomic E-state index is 0. The molecule has 1 heteroatoms. The van der Waals surface area contributed by atoms with E-state index in [1.807, 2.05) is 12.1 Å². The molecule has 0 unspecified atom stereocenters. The van der Waals surface area contributed by atoms with Gasteiger partial charge in [-0.3, -0.25) is 0 Å². The van der Waals surface area contributed by atoms with Crippen LogP contribution in [0.4, 0.5) is 0 Å². The molecule has 0 aliphatic carbocycles. The van der Waals surface area contributed by atoms with Crippen molar-refractivity contribution in [2.75, 3.05) is 0 Å². The monoisotopic (exact) mass is 153 g/mol. The summed E-state index contributed by atoms with van der Waals surface area (Å²) in [5.41, 5.74) is 2.65. The molecular weight excluding hydrogens is 144 g/mol. The van der Waals surface area contributed by atoms with E-state index in [1.54, 1.807) is 0 Å². The third-order valence-corrected chi connectivity index (χ3v) is 1.35. The van der Waals surface area contributed by atoms with Gasteiger partial charge in [-0.05, 0) is 0 Å². The Balaban J connectivity index is 0.000000640. The Bertz CT molecular complexity index is 161. The Labute approximate surface area is 71.2 Å². The number of rotatable bonds is 0. The first-order valence-electron chi connectivity index (χ1n) is 2.74. The zero-order valence-corrected chi connectivity index (χ0v) is 7.29. The van der Waals surface area contributed by atoms with Crippen LogP contribution in [-0.2, 0) is 21.7 Å². The zero-order chi connectivity index (χ0) is 5.98. The van der Waals surface area contributed by atoms with Gasteiger partial charge in [-0.1, -0.05) is 13.8 Å². The number of hydrogen-bond acceptors (Lipinski definition) is 0. The van der Waals surface area contributed by atoms with Gasteiger partial charge in [-0.2, -0.15) is 35.4 Å². The molecule has 1 rings (SSSR count). The Hall–Kier alpha value is -0.0657. The molecule has 0 spiro atoms. The maximum Gasteiger partial charge on any atom is 0 e. The zero-order valence-electron chi connectivity index (χ0n) is 5.73. The van der Waals surface area contributed by atoms with Crippen molar-refractivity contribution in [3.8, 4) is 0 Å². The SMILES string of the molecule is Cc1c[c-]ccc1C.[Ti]. The molecule has 1 aromatic carbocycles. The van der Waals surface area contributed by atoms with Gasteiger partial charge in [-0.25, -0.2) is 0 Å². The van der Waals surface area contributed by atoms with Crippen molar-refractivity contribution in [2.45, 2.75) is 13.8 Å². The van der Waals surface area contributed by atoms with Crippen LogP contribution in [0.15, 0.2) is 18.2 Å². The average molecular weight is 153 g/mol. The van der Waals surface area contributed by atoms with E-state index in [1.165, 1.54) is 11.1 Å². The summed E-state index contributed by atoms with van der Waals surface area (Å²) < 4.78 is 0. The van der Waals surface area contributed by atoms with Crippen LogP contribution in [0.2, 0.25) is 0 Å². The van der Waals surface area contributed by atoms with E-state index in [4.69, 9.17) is 0 Å². The summed E-state index contributed by atoms with van der Waals surface area (Å²) >= 11 is 0. The smallest absolute Gasteiger partial charge is 0 e. The summed E-state index contributed by atoms with van der Waals surface area (Å²) in [5, 5.41) is 0. The Morgan fingerprint density at radius 1 is 1.22 bits per heavy atom. The fourth-order valence-electron chi connectivity index (χ4n) is 0.592. The van der Waals surface area contributed by atoms with Crippen molar-refractivity contribution in [1.29, 1.82) is 0 Å². The van der Waals surface area contributed by atoms with Crippen LogP contribution in [0.25, 0.3) is 0 Å². The predicted molar refractivity (Wildman–Crippen MR) is 34.8 cm³/mol. The van der Waals surface area contributed by atoms with E-state index >= 15 is 0 Å². The van der Waals surface area contributed by atoms with E-state index in [2.05, 4.69) is 26.0 Å². The molecule has 0 bridgehead atoms. The van der Waals surface area contributed by atoms with Gasteiger partial charge in [0.25, 0.3) is 0 Å². The third-order valence-electron chi connectivity index (χ3n) is 1.35. The molecule has 0 fully saturated rings. The summed E-state index contributed by atoms with van der Waals surface area (Å²) in [6, 6.07) is 8.99. The first kappa shape index (κ1) is 8.93. The largest absolute Gasteiger partial charge is 0.184 e. The summed E-state index contributed by atoms with van der Waals surface area (Å²) in [6.07, 6.45) is 0. The van der Waals surface area contributed by atoms with Crippen molar-refractivity contribution in [2.24, 2.45) is 0 Å². The fourth-order valence-corrected chi connectivity index (χ4v) is 0.592. The second kappa shape index (κ2) is 3.87. The maximum atomic E-state index is 3.00. The molecule has 0 nitrogen and oxygen atoms in total. The molecule has 0 atom stereocenters.